The van der Waals surface area contributed by atoms with Gasteiger partial charge in [0.05, 0.1) is 0 Å². The van der Waals surface area contributed by atoms with E-state index in [1.165, 1.54) is 0 Å². The molecule has 18 heavy (non-hydrogen) atoms. The van der Waals surface area contributed by atoms with Crippen LogP contribution in [0.4, 0.5) is 0 Å². The zero-order chi connectivity index (χ0) is 12.7. The van der Waals surface area contributed by atoms with Crippen molar-refractivity contribution >= 4 is 55.8 Å². The van der Waals surface area contributed by atoms with Crippen molar-refractivity contribution in [1.29, 1.82) is 0 Å². The second-order valence-electron chi connectivity index (χ2n) is 3.59. The van der Waals surface area contributed by atoms with E-state index in [1.54, 1.807) is 12.4 Å². The van der Waals surface area contributed by atoms with E-state index in [1.807, 2.05) is 22.6 Å². The number of benzene rings is 1. The fourth-order valence-electron chi connectivity index (χ4n) is 1.62. The van der Waals surface area contributed by atoms with Gasteiger partial charge in [0.15, 0.2) is 11.5 Å². The lowest BCUT2D eigenvalue weighted by Crippen LogP contribution is -1.92. The first kappa shape index (κ1) is 12.3. The van der Waals surface area contributed by atoms with Crippen molar-refractivity contribution in [2.24, 2.45) is 0 Å². The molecule has 3 aromatic rings. The predicted molar refractivity (Wildman–Crippen MR) is 81.6 cm³/mol. The van der Waals surface area contributed by atoms with Gasteiger partial charge >= 0.3 is 0 Å². The molecule has 7 heteroatoms. The van der Waals surface area contributed by atoms with E-state index in [0.29, 0.717) is 10.8 Å². The Kier molecular flexibility index (Phi) is 3.25. The highest BCUT2D eigenvalue weighted by Gasteiger charge is 2.12. The van der Waals surface area contributed by atoms with Crippen LogP contribution in [0, 0.1) is 3.57 Å². The van der Waals surface area contributed by atoms with Crippen LogP contribution in [0.15, 0.2) is 35.1 Å². The Morgan fingerprint density at radius 1 is 1.22 bits per heavy atom. The van der Waals surface area contributed by atoms with Gasteiger partial charge in [-0.05, 0) is 40.8 Å². The fraction of sp³-hybridized carbons (Fsp3) is 0. The minimum Gasteiger partial charge on any atom is -0.265 e. The Labute approximate surface area is 130 Å². The van der Waals surface area contributed by atoms with E-state index >= 15 is 0 Å². The largest absolute Gasteiger partial charge is 0.265 e. The molecule has 0 radical (unpaired) electrons. The number of aromatic nitrogens is 4. The summed E-state index contributed by atoms with van der Waals surface area (Å²) in [4.78, 5) is 4.05. The van der Waals surface area contributed by atoms with E-state index in [4.69, 9.17) is 11.6 Å². The number of hydrogen-bond donors (Lipinski definition) is 0. The van der Waals surface area contributed by atoms with Gasteiger partial charge in [-0.15, -0.1) is 10.2 Å². The number of fused-ring (bicyclic) bond motifs is 1. The van der Waals surface area contributed by atoms with Crippen LogP contribution in [0.1, 0.15) is 0 Å². The van der Waals surface area contributed by atoms with E-state index in [-0.39, 0.29) is 0 Å². The molecule has 4 nitrogen and oxygen atoms in total. The molecule has 0 aliphatic rings. The summed E-state index contributed by atoms with van der Waals surface area (Å²) < 4.78 is 3.90. The van der Waals surface area contributed by atoms with Crippen LogP contribution in [0.3, 0.4) is 0 Å². The van der Waals surface area contributed by atoms with Crippen LogP contribution in [-0.2, 0) is 0 Å². The highest BCUT2D eigenvalue weighted by molar-refractivity contribution is 14.1. The lowest BCUT2D eigenvalue weighted by Gasteiger charge is -2.03. The third-order valence-corrected chi connectivity index (χ3v) is 4.01. The van der Waals surface area contributed by atoms with Gasteiger partial charge in [-0.25, -0.2) is 4.98 Å². The summed E-state index contributed by atoms with van der Waals surface area (Å²) in [5.74, 6) is 0.736. The number of rotatable bonds is 1. The zero-order valence-corrected chi connectivity index (χ0v) is 13.3. The Bertz CT molecular complexity index is 743. The molecule has 0 amide bonds. The molecule has 0 spiro atoms. The summed E-state index contributed by atoms with van der Waals surface area (Å²) in [6, 6.07) is 7.73. The fourth-order valence-corrected chi connectivity index (χ4v) is 2.68. The molecular weight excluding hydrogens is 430 g/mol. The van der Waals surface area contributed by atoms with Gasteiger partial charge < -0.3 is 0 Å². The lowest BCUT2D eigenvalue weighted by molar-refractivity contribution is 1.08. The summed E-state index contributed by atoms with van der Waals surface area (Å²) >= 11 is 11.6. The third-order valence-electron chi connectivity index (χ3n) is 2.44. The Hall–Kier alpha value is -0.730. The molecule has 0 atom stereocenters. The molecule has 0 aliphatic carbocycles. The van der Waals surface area contributed by atoms with E-state index < -0.39 is 0 Å². The molecule has 0 N–H and O–H groups in total. The Morgan fingerprint density at radius 2 is 2.06 bits per heavy atom. The van der Waals surface area contributed by atoms with Gasteiger partial charge in [0.25, 0.3) is 0 Å². The highest BCUT2D eigenvalue weighted by atomic mass is 127. The lowest BCUT2D eigenvalue weighted by atomic mass is 10.2. The maximum absolute atomic E-state index is 5.83. The van der Waals surface area contributed by atoms with E-state index in [0.717, 1.165) is 19.4 Å². The van der Waals surface area contributed by atoms with Gasteiger partial charge in [0.2, 0.25) is 0 Å². The van der Waals surface area contributed by atoms with Gasteiger partial charge in [-0.3, -0.25) is 4.40 Å². The van der Waals surface area contributed by atoms with Crippen molar-refractivity contribution in [1.82, 2.24) is 19.6 Å². The molecule has 90 valence electrons. The van der Waals surface area contributed by atoms with E-state index in [2.05, 4.69) is 53.7 Å². The number of halogens is 3. The summed E-state index contributed by atoms with van der Waals surface area (Å²) in [7, 11) is 0. The quantitative estimate of drug-likeness (QED) is 0.431. The summed E-state index contributed by atoms with van der Waals surface area (Å²) in [5, 5.41) is 8.69. The van der Waals surface area contributed by atoms with Crippen LogP contribution >= 0.6 is 50.1 Å². The van der Waals surface area contributed by atoms with Crippen LogP contribution in [0.2, 0.25) is 5.15 Å². The summed E-state index contributed by atoms with van der Waals surface area (Å²) in [6.07, 6.45) is 1.62. The van der Waals surface area contributed by atoms with Gasteiger partial charge in [0, 0.05) is 19.7 Å². The average molecular weight is 435 g/mol. The zero-order valence-electron chi connectivity index (χ0n) is 8.81. The monoisotopic (exact) mass is 434 g/mol. The molecule has 0 saturated heterocycles. The molecule has 0 fully saturated rings. The van der Waals surface area contributed by atoms with Crippen LogP contribution in [0.25, 0.3) is 17.0 Å². The van der Waals surface area contributed by atoms with Crippen LogP contribution < -0.4 is 0 Å². The Balaban J connectivity index is 2.28. The van der Waals surface area contributed by atoms with Crippen molar-refractivity contribution in [3.05, 3.63) is 43.8 Å². The van der Waals surface area contributed by atoms with E-state index in [9.17, 15) is 0 Å². The normalized spacial score (nSPS) is 11.1. The van der Waals surface area contributed by atoms with Crippen molar-refractivity contribution < 1.29 is 0 Å². The predicted octanol–water partition coefficient (Wildman–Crippen LogP) is 3.81. The molecule has 0 saturated carbocycles. The smallest absolute Gasteiger partial charge is 0.170 e. The Morgan fingerprint density at radius 3 is 2.89 bits per heavy atom. The first-order valence-electron chi connectivity index (χ1n) is 4.97. The van der Waals surface area contributed by atoms with Crippen molar-refractivity contribution in [3.63, 3.8) is 0 Å². The topological polar surface area (TPSA) is 43.1 Å². The molecule has 0 bridgehead atoms. The molecule has 1 aromatic carbocycles. The molecule has 2 heterocycles. The summed E-state index contributed by atoms with van der Waals surface area (Å²) in [6.45, 7) is 0. The van der Waals surface area contributed by atoms with Gasteiger partial charge in [-0.2, -0.15) is 0 Å². The van der Waals surface area contributed by atoms with Gasteiger partial charge in [0.1, 0.15) is 11.5 Å². The number of nitrogens with zero attached hydrogens (tertiary/aromatic N) is 4. The first-order valence-corrected chi connectivity index (χ1v) is 7.22. The van der Waals surface area contributed by atoms with Crippen LogP contribution in [0.5, 0.6) is 0 Å². The van der Waals surface area contributed by atoms with Crippen LogP contribution in [-0.4, -0.2) is 19.6 Å². The molecule has 0 unspecified atom stereocenters. The second-order valence-corrected chi connectivity index (χ2v) is 6.07. The van der Waals surface area contributed by atoms with Crippen molar-refractivity contribution in [2.75, 3.05) is 0 Å². The summed E-state index contributed by atoms with van der Waals surface area (Å²) in [5.41, 5.74) is 1.65. The van der Waals surface area contributed by atoms with Crippen molar-refractivity contribution in [2.45, 2.75) is 0 Å². The molecule has 3 rings (SSSR count). The standard InChI is InChI=1S/C11H5BrClIN4/c12-8-2-1-6(14)3-7(8)11-17-16-10-4-9(13)15-5-18(10)11/h1-5H. The molecular formula is C11H5BrClIN4. The van der Waals surface area contributed by atoms with Crippen molar-refractivity contribution in [3.8, 4) is 11.4 Å². The second kappa shape index (κ2) is 4.75. The first-order chi connectivity index (χ1) is 8.65. The van der Waals surface area contributed by atoms with Gasteiger partial charge in [-0.1, -0.05) is 27.5 Å². The number of hydrogen-bond acceptors (Lipinski definition) is 3. The minimum atomic E-state index is 0.406. The minimum absolute atomic E-state index is 0.406. The molecule has 2 aromatic heterocycles. The SMILES string of the molecule is Clc1cc2nnc(-c3cc(I)ccc3Br)n2cn1. The maximum Gasteiger partial charge on any atom is 0.170 e. The average Bonchev–Trinajstić information content (AvgIpc) is 2.75. The third kappa shape index (κ3) is 2.12. The highest BCUT2D eigenvalue weighted by Crippen LogP contribution is 2.28. The maximum atomic E-state index is 5.83. The molecule has 0 aliphatic heterocycles.